The molecule has 0 saturated carbocycles. The maximum atomic E-state index is 9.77. The van der Waals surface area contributed by atoms with E-state index < -0.39 is 0 Å². The predicted octanol–water partition coefficient (Wildman–Crippen LogP) is 5.74. The zero-order valence-electron chi connectivity index (χ0n) is 28.3. The molecule has 46 heavy (non-hydrogen) atoms. The van der Waals surface area contributed by atoms with Crippen molar-refractivity contribution < 1.29 is 28.9 Å². The van der Waals surface area contributed by atoms with Gasteiger partial charge in [-0.1, -0.05) is 47.6 Å². The van der Waals surface area contributed by atoms with E-state index in [1.165, 1.54) is 51.7 Å². The van der Waals surface area contributed by atoms with Crippen LogP contribution in [0.25, 0.3) is 10.9 Å². The second kappa shape index (κ2) is 21.8. The molecule has 0 saturated heterocycles. The lowest BCUT2D eigenvalue weighted by Crippen LogP contribution is -2.25. The molecule has 0 bridgehead atoms. The molecule has 0 radical (unpaired) electrons. The van der Waals surface area contributed by atoms with Crippen LogP contribution in [0, 0.1) is 6.92 Å². The summed E-state index contributed by atoms with van der Waals surface area (Å²) < 4.78 is 15.1. The number of aromatic amines is 1. The third-order valence-corrected chi connectivity index (χ3v) is 7.71. The van der Waals surface area contributed by atoms with E-state index in [1.54, 1.807) is 21.1 Å². The Hall–Kier alpha value is -3.92. The number of benzene rings is 2. The van der Waals surface area contributed by atoms with Crippen LogP contribution in [0.5, 0.6) is 5.75 Å². The molecule has 4 N–H and O–H groups in total. The van der Waals surface area contributed by atoms with Crippen LogP contribution in [0.2, 0.25) is 0 Å². The Kier molecular flexibility index (Phi) is 18.1. The molecule has 252 valence electrons. The van der Waals surface area contributed by atoms with Gasteiger partial charge in [-0.15, -0.1) is 0 Å². The lowest BCUT2D eigenvalue weighted by atomic mass is 9.82. The smallest absolute Gasteiger partial charge is 0.293 e. The molecule has 3 unspecified atom stereocenters. The third-order valence-electron chi connectivity index (χ3n) is 7.71. The standard InChI is InChI=1S/C24H30N2O2.C8H12O.C3H6O2.C2H5NO/c1-16-6-11-23-22(14-16)21-5-3-4-20(24(21)26-23)17-7-9-19(10-8-17)28-13-12-18(27)15-25-2;1-7-3-5-8(9-2)6-4-7;1-2-5-3-4;1-3-2-4/h6-11,14,18,20,25-27H,3-5,12-13,15H2,1-2H3;3-5,8H,6H2,1-2H3;3H,2H2,1H3;2H,1H3,(H,3,4). The number of allylic oxidation sites excluding steroid dienone is 2. The summed E-state index contributed by atoms with van der Waals surface area (Å²) in [5, 5.41) is 16.4. The van der Waals surface area contributed by atoms with Crippen LogP contribution >= 0.6 is 0 Å². The molecule has 2 aliphatic rings. The molecule has 9 heteroatoms. The largest absolute Gasteiger partial charge is 0.493 e. The Morgan fingerprint density at radius 3 is 2.41 bits per heavy atom. The number of aryl methyl sites for hydroxylation is 2. The minimum absolute atomic E-state index is 0.314. The van der Waals surface area contributed by atoms with Crippen molar-refractivity contribution in [2.75, 3.05) is 41.0 Å². The van der Waals surface area contributed by atoms with Gasteiger partial charge in [0, 0.05) is 49.6 Å². The highest BCUT2D eigenvalue weighted by Gasteiger charge is 2.25. The van der Waals surface area contributed by atoms with Crippen molar-refractivity contribution in [1.82, 2.24) is 15.6 Å². The average Bonchev–Trinajstić information content (AvgIpc) is 3.45. The summed E-state index contributed by atoms with van der Waals surface area (Å²) in [5.74, 6) is 1.28. The molecule has 0 aliphatic heterocycles. The van der Waals surface area contributed by atoms with Gasteiger partial charge in [-0.2, -0.15) is 0 Å². The molecule has 2 aliphatic carbocycles. The number of rotatable bonds is 11. The number of methoxy groups -OCH3 is 1. The fraction of sp³-hybridized carbons (Fsp3) is 0.459. The molecule has 1 aromatic heterocycles. The number of likely N-dealkylation sites (N-methyl/N-ethyl adjacent to an activating group) is 1. The number of nitrogens with one attached hydrogen (secondary N) is 3. The molecule has 9 nitrogen and oxygen atoms in total. The van der Waals surface area contributed by atoms with Crippen LogP contribution in [-0.4, -0.2) is 76.1 Å². The van der Waals surface area contributed by atoms with Crippen LogP contribution < -0.4 is 15.4 Å². The lowest BCUT2D eigenvalue weighted by molar-refractivity contribution is -0.128. The summed E-state index contributed by atoms with van der Waals surface area (Å²) in [4.78, 5) is 21.9. The summed E-state index contributed by atoms with van der Waals surface area (Å²) in [6, 6.07) is 15.2. The number of carbonyl (C=O) groups is 2. The van der Waals surface area contributed by atoms with Crippen molar-refractivity contribution in [3.8, 4) is 5.75 Å². The van der Waals surface area contributed by atoms with Gasteiger partial charge in [-0.3, -0.25) is 9.59 Å². The molecule has 0 spiro atoms. The number of fused-ring (bicyclic) bond motifs is 3. The fourth-order valence-corrected chi connectivity index (χ4v) is 5.31. The van der Waals surface area contributed by atoms with Gasteiger partial charge in [0.15, 0.2) is 0 Å². The molecule has 3 aromatic rings. The third kappa shape index (κ3) is 12.8. The second-order valence-electron chi connectivity index (χ2n) is 11.2. The molecule has 2 aromatic carbocycles. The van der Waals surface area contributed by atoms with Crippen molar-refractivity contribution in [3.05, 3.63) is 88.7 Å². The highest BCUT2D eigenvalue weighted by molar-refractivity contribution is 5.86. The van der Waals surface area contributed by atoms with Gasteiger partial charge in [0.05, 0.1) is 25.4 Å². The van der Waals surface area contributed by atoms with Gasteiger partial charge in [0.2, 0.25) is 6.41 Å². The molecule has 5 rings (SSSR count). The van der Waals surface area contributed by atoms with E-state index in [9.17, 15) is 9.90 Å². The first-order valence-corrected chi connectivity index (χ1v) is 16.0. The first kappa shape index (κ1) is 38.3. The van der Waals surface area contributed by atoms with Crippen molar-refractivity contribution in [2.24, 2.45) is 0 Å². The van der Waals surface area contributed by atoms with Crippen molar-refractivity contribution in [2.45, 2.75) is 71.0 Å². The summed E-state index contributed by atoms with van der Waals surface area (Å²) in [7, 11) is 5.14. The Balaban J connectivity index is 0.000000334. The number of aliphatic hydroxyl groups is 1. The monoisotopic (exact) mass is 635 g/mol. The Labute approximate surface area is 274 Å². The number of carbonyl (C=O) groups excluding carboxylic acids is 2. The Bertz CT molecular complexity index is 1370. The van der Waals surface area contributed by atoms with Gasteiger partial charge in [0.25, 0.3) is 6.47 Å². The molecule has 3 atom stereocenters. The van der Waals surface area contributed by atoms with Crippen LogP contribution in [-0.2, 0) is 25.5 Å². The summed E-state index contributed by atoms with van der Waals surface area (Å²) >= 11 is 0. The summed E-state index contributed by atoms with van der Waals surface area (Å²) in [5.41, 5.74) is 8.12. The number of hydrogen-bond acceptors (Lipinski definition) is 7. The highest BCUT2D eigenvalue weighted by Crippen LogP contribution is 2.40. The normalized spacial score (nSPS) is 16.9. The van der Waals surface area contributed by atoms with Gasteiger partial charge in [-0.25, -0.2) is 0 Å². The highest BCUT2D eigenvalue weighted by atomic mass is 16.5. The van der Waals surface area contributed by atoms with E-state index in [4.69, 9.17) is 14.3 Å². The number of aromatic nitrogens is 1. The molecule has 1 amide bonds. The van der Waals surface area contributed by atoms with Crippen LogP contribution in [0.15, 0.2) is 66.3 Å². The molecule has 0 fully saturated rings. The van der Waals surface area contributed by atoms with Crippen LogP contribution in [0.4, 0.5) is 0 Å². The first-order valence-electron chi connectivity index (χ1n) is 16.0. The SMILES string of the molecule is CCOC=O.CNC=O.CNCC(O)CCOc1ccc(C2CCCc3c2[nH]c2ccc(C)cc32)cc1.COC1C=CC(C)=CC1. The zero-order valence-corrected chi connectivity index (χ0v) is 28.3. The lowest BCUT2D eigenvalue weighted by Gasteiger charge is -2.23. The second-order valence-corrected chi connectivity index (χ2v) is 11.2. The maximum absolute atomic E-state index is 9.77. The molecular weight excluding hydrogens is 582 g/mol. The van der Waals surface area contributed by atoms with Crippen LogP contribution in [0.1, 0.15) is 67.8 Å². The minimum atomic E-state index is -0.365. The van der Waals surface area contributed by atoms with E-state index in [0.29, 0.717) is 51.1 Å². The van der Waals surface area contributed by atoms with E-state index >= 15 is 0 Å². The van der Waals surface area contributed by atoms with Crippen LogP contribution in [0.3, 0.4) is 0 Å². The number of hydrogen-bond donors (Lipinski definition) is 4. The van der Waals surface area contributed by atoms with E-state index in [0.717, 1.165) is 18.6 Å². The summed E-state index contributed by atoms with van der Waals surface area (Å²) in [6.45, 7) is 8.05. The zero-order chi connectivity index (χ0) is 33.7. The maximum Gasteiger partial charge on any atom is 0.293 e. The van der Waals surface area contributed by atoms with E-state index in [-0.39, 0.29) is 6.10 Å². The van der Waals surface area contributed by atoms with E-state index in [2.05, 4.69) is 94.9 Å². The Morgan fingerprint density at radius 1 is 1.11 bits per heavy atom. The van der Waals surface area contributed by atoms with Crippen molar-refractivity contribution in [3.63, 3.8) is 0 Å². The molecular formula is C37H53N3O6. The number of H-pyrrole nitrogens is 1. The fourth-order valence-electron chi connectivity index (χ4n) is 5.31. The Morgan fingerprint density at radius 2 is 1.85 bits per heavy atom. The van der Waals surface area contributed by atoms with Gasteiger partial charge >= 0.3 is 0 Å². The first-order chi connectivity index (χ1) is 22.3. The predicted molar refractivity (Wildman–Crippen MR) is 185 cm³/mol. The van der Waals surface area contributed by atoms with Gasteiger partial charge in [0.1, 0.15) is 5.75 Å². The summed E-state index contributed by atoms with van der Waals surface area (Å²) in [6.07, 6.45) is 12.2. The van der Waals surface area contributed by atoms with Gasteiger partial charge in [-0.05, 0) is 88.9 Å². The number of aliphatic hydroxyl groups excluding tert-OH is 1. The minimum Gasteiger partial charge on any atom is -0.493 e. The molecule has 1 heterocycles. The quantitative estimate of drug-likeness (QED) is 0.198. The van der Waals surface area contributed by atoms with Crippen molar-refractivity contribution in [1.29, 1.82) is 0 Å². The topological polar surface area (TPSA) is 122 Å². The van der Waals surface area contributed by atoms with Gasteiger partial charge < -0.3 is 34.9 Å². The number of amides is 1. The average molecular weight is 636 g/mol. The van der Waals surface area contributed by atoms with Crippen molar-refractivity contribution >= 4 is 23.8 Å². The van der Waals surface area contributed by atoms with E-state index in [1.807, 2.05) is 7.05 Å². The number of ether oxygens (including phenoxy) is 3.